The van der Waals surface area contributed by atoms with E-state index in [1.54, 1.807) is 28.8 Å². The Balaban J connectivity index is 1.71. The van der Waals surface area contributed by atoms with Crippen LogP contribution in [0.5, 0.6) is 0 Å². The molecule has 0 aliphatic carbocycles. The number of hydrogen-bond donors (Lipinski definition) is 1. The van der Waals surface area contributed by atoms with Crippen molar-refractivity contribution in [2.75, 3.05) is 5.32 Å². The Bertz CT molecular complexity index is 1320. The number of aromatic nitrogens is 3. The fourth-order valence-corrected chi connectivity index (χ4v) is 4.63. The van der Waals surface area contributed by atoms with Gasteiger partial charge in [-0.1, -0.05) is 72.4 Å². The lowest BCUT2D eigenvalue weighted by Crippen LogP contribution is -2.20. The number of thioether (sulfide) groups is 1. The number of benzene rings is 3. The Morgan fingerprint density at radius 1 is 1.09 bits per heavy atom. The Morgan fingerprint density at radius 2 is 1.82 bits per heavy atom. The van der Waals surface area contributed by atoms with Crippen LogP contribution in [0.25, 0.3) is 11.4 Å². The molecule has 34 heavy (non-hydrogen) atoms. The smallest absolute Gasteiger partial charge is 0.242 e. The van der Waals surface area contributed by atoms with E-state index in [1.807, 2.05) is 62.4 Å². The van der Waals surface area contributed by atoms with Gasteiger partial charge in [-0.15, -0.1) is 16.8 Å². The zero-order chi connectivity index (χ0) is 24.1. The summed E-state index contributed by atoms with van der Waals surface area (Å²) in [5.41, 5.74) is 3.99. The lowest BCUT2D eigenvalue weighted by atomic mass is 10.1. The van der Waals surface area contributed by atoms with Crippen LogP contribution in [0.4, 0.5) is 10.1 Å². The van der Waals surface area contributed by atoms with E-state index in [-0.39, 0.29) is 11.7 Å². The predicted molar refractivity (Wildman–Crippen MR) is 135 cm³/mol. The molecule has 4 rings (SSSR count). The molecule has 7 heteroatoms. The minimum absolute atomic E-state index is 0.175. The van der Waals surface area contributed by atoms with Crippen LogP contribution < -0.4 is 5.32 Å². The summed E-state index contributed by atoms with van der Waals surface area (Å²) in [6.45, 7) is 8.14. The Kier molecular flexibility index (Phi) is 7.23. The second-order valence-corrected chi connectivity index (χ2v) is 8.97. The van der Waals surface area contributed by atoms with E-state index in [1.165, 1.54) is 17.8 Å². The number of allylic oxidation sites excluding steroid dienone is 1. The number of nitrogens with zero attached hydrogens (tertiary/aromatic N) is 3. The average Bonchev–Trinajstić information content (AvgIpc) is 3.23. The SMILES string of the molecule is C=CCn1c(SC(C(=O)Nc2cc(C)ccc2C)c2ccccc2)nnc1-c1ccccc1F. The van der Waals surface area contributed by atoms with E-state index in [9.17, 15) is 9.18 Å². The molecule has 0 bridgehead atoms. The number of halogens is 1. The summed E-state index contributed by atoms with van der Waals surface area (Å²) in [6.07, 6.45) is 1.70. The molecule has 0 radical (unpaired) electrons. The molecular formula is C27H25FN4OS. The number of amides is 1. The fourth-order valence-electron chi connectivity index (χ4n) is 3.59. The minimum Gasteiger partial charge on any atom is -0.325 e. The number of carbonyl (C=O) groups excluding carboxylic acids is 1. The van der Waals surface area contributed by atoms with Crippen LogP contribution in [0.3, 0.4) is 0 Å². The molecular weight excluding hydrogens is 447 g/mol. The first-order valence-corrected chi connectivity index (χ1v) is 11.7. The highest BCUT2D eigenvalue weighted by atomic mass is 32.2. The Morgan fingerprint density at radius 3 is 2.56 bits per heavy atom. The number of anilines is 1. The first-order chi connectivity index (χ1) is 16.5. The Labute approximate surface area is 202 Å². The van der Waals surface area contributed by atoms with Gasteiger partial charge in [0.2, 0.25) is 5.91 Å². The first-order valence-electron chi connectivity index (χ1n) is 10.9. The number of hydrogen-bond acceptors (Lipinski definition) is 4. The van der Waals surface area contributed by atoms with Crippen molar-refractivity contribution in [1.82, 2.24) is 14.8 Å². The third-order valence-electron chi connectivity index (χ3n) is 5.36. The first kappa shape index (κ1) is 23.4. The molecule has 1 heterocycles. The van der Waals surface area contributed by atoms with Crippen molar-refractivity contribution in [2.24, 2.45) is 0 Å². The molecule has 172 valence electrons. The van der Waals surface area contributed by atoms with Crippen molar-refractivity contribution in [2.45, 2.75) is 30.8 Å². The number of carbonyl (C=O) groups is 1. The maximum atomic E-state index is 14.5. The van der Waals surface area contributed by atoms with Crippen LogP contribution in [0.15, 0.2) is 90.6 Å². The summed E-state index contributed by atoms with van der Waals surface area (Å²) in [4.78, 5) is 13.5. The molecule has 0 fully saturated rings. The molecule has 0 spiro atoms. The van der Waals surface area contributed by atoms with Gasteiger partial charge in [-0.2, -0.15) is 0 Å². The second-order valence-electron chi connectivity index (χ2n) is 7.90. The molecule has 5 nitrogen and oxygen atoms in total. The third-order valence-corrected chi connectivity index (χ3v) is 6.59. The van der Waals surface area contributed by atoms with Gasteiger partial charge in [-0.3, -0.25) is 9.36 Å². The molecule has 4 aromatic rings. The third kappa shape index (κ3) is 5.10. The van der Waals surface area contributed by atoms with Crippen molar-refractivity contribution in [3.63, 3.8) is 0 Å². The Hall–Kier alpha value is -3.71. The van der Waals surface area contributed by atoms with Crippen molar-refractivity contribution >= 4 is 23.4 Å². The van der Waals surface area contributed by atoms with Gasteiger partial charge in [-0.25, -0.2) is 4.39 Å². The molecule has 1 amide bonds. The molecule has 0 saturated heterocycles. The van der Waals surface area contributed by atoms with E-state index in [0.29, 0.717) is 23.1 Å². The van der Waals surface area contributed by atoms with Gasteiger partial charge in [0.25, 0.3) is 0 Å². The van der Waals surface area contributed by atoms with Crippen LogP contribution in [0.2, 0.25) is 0 Å². The molecule has 3 aromatic carbocycles. The quantitative estimate of drug-likeness (QED) is 0.239. The van der Waals surface area contributed by atoms with Crippen LogP contribution >= 0.6 is 11.8 Å². The van der Waals surface area contributed by atoms with Gasteiger partial charge in [0.15, 0.2) is 11.0 Å². The van der Waals surface area contributed by atoms with Gasteiger partial charge < -0.3 is 5.32 Å². The van der Waals surface area contributed by atoms with Crippen molar-refractivity contribution < 1.29 is 9.18 Å². The van der Waals surface area contributed by atoms with E-state index in [2.05, 4.69) is 22.1 Å². The maximum absolute atomic E-state index is 14.5. The van der Waals surface area contributed by atoms with E-state index in [4.69, 9.17) is 0 Å². The standard InChI is InChI=1S/C27H25FN4OS/c1-4-16-32-25(21-12-8-9-13-22(21)28)30-31-27(32)34-24(20-10-6-5-7-11-20)26(33)29-23-17-18(2)14-15-19(23)3/h4-15,17,24H,1,16H2,2-3H3,(H,29,33). The monoisotopic (exact) mass is 472 g/mol. The number of aryl methyl sites for hydroxylation is 2. The number of nitrogens with one attached hydrogen (secondary N) is 1. The van der Waals surface area contributed by atoms with Crippen LogP contribution in [0, 0.1) is 19.7 Å². The molecule has 1 N–H and O–H groups in total. The van der Waals surface area contributed by atoms with Gasteiger partial charge in [0.05, 0.1) is 5.56 Å². The summed E-state index contributed by atoms with van der Waals surface area (Å²) in [5, 5.41) is 11.6. The predicted octanol–water partition coefficient (Wildman–Crippen LogP) is 6.36. The summed E-state index contributed by atoms with van der Waals surface area (Å²) in [7, 11) is 0. The summed E-state index contributed by atoms with van der Waals surface area (Å²) >= 11 is 1.27. The van der Waals surface area contributed by atoms with Crippen molar-refractivity contribution in [3.8, 4) is 11.4 Å². The van der Waals surface area contributed by atoms with Crippen LogP contribution in [-0.4, -0.2) is 20.7 Å². The van der Waals surface area contributed by atoms with E-state index < -0.39 is 5.25 Å². The molecule has 1 atom stereocenters. The topological polar surface area (TPSA) is 59.8 Å². The molecule has 0 aliphatic heterocycles. The zero-order valence-corrected chi connectivity index (χ0v) is 19.8. The largest absolute Gasteiger partial charge is 0.325 e. The summed E-state index contributed by atoms with van der Waals surface area (Å²) < 4.78 is 16.3. The average molecular weight is 473 g/mol. The summed E-state index contributed by atoms with van der Waals surface area (Å²) in [6, 6.07) is 21.9. The molecule has 1 aromatic heterocycles. The van der Waals surface area contributed by atoms with Gasteiger partial charge in [-0.05, 0) is 48.7 Å². The number of rotatable bonds is 8. The zero-order valence-electron chi connectivity index (χ0n) is 19.0. The molecule has 0 saturated carbocycles. The fraction of sp³-hybridized carbons (Fsp3) is 0.148. The van der Waals surface area contributed by atoms with Gasteiger partial charge in [0, 0.05) is 12.2 Å². The minimum atomic E-state index is -0.595. The summed E-state index contributed by atoms with van der Waals surface area (Å²) in [5.74, 6) is -0.170. The highest BCUT2D eigenvalue weighted by Gasteiger charge is 2.26. The lowest BCUT2D eigenvalue weighted by Gasteiger charge is -2.18. The molecule has 1 unspecified atom stereocenters. The van der Waals surface area contributed by atoms with Gasteiger partial charge >= 0.3 is 0 Å². The highest BCUT2D eigenvalue weighted by Crippen LogP contribution is 2.37. The van der Waals surface area contributed by atoms with E-state index >= 15 is 0 Å². The lowest BCUT2D eigenvalue weighted by molar-refractivity contribution is -0.115. The second kappa shape index (κ2) is 10.5. The van der Waals surface area contributed by atoms with Crippen LogP contribution in [0.1, 0.15) is 21.9 Å². The van der Waals surface area contributed by atoms with Gasteiger partial charge in [0.1, 0.15) is 11.1 Å². The van der Waals surface area contributed by atoms with Crippen molar-refractivity contribution in [1.29, 1.82) is 0 Å². The normalized spacial score (nSPS) is 11.7. The highest BCUT2D eigenvalue weighted by molar-refractivity contribution is 8.00. The van der Waals surface area contributed by atoms with E-state index in [0.717, 1.165) is 22.4 Å². The molecule has 0 aliphatic rings. The van der Waals surface area contributed by atoms with Crippen molar-refractivity contribution in [3.05, 3.63) is 108 Å². The maximum Gasteiger partial charge on any atom is 0.242 e. The van der Waals surface area contributed by atoms with Crippen LogP contribution in [-0.2, 0) is 11.3 Å².